The molecule has 1 atom stereocenters. The maximum atomic E-state index is 13.9. The van der Waals surface area contributed by atoms with Gasteiger partial charge in [-0.25, -0.2) is 9.37 Å². The van der Waals surface area contributed by atoms with Crippen LogP contribution in [0.2, 0.25) is 0 Å². The topological polar surface area (TPSA) is 53.1 Å². The smallest absolute Gasteiger partial charge is 0.167 e. The highest BCUT2D eigenvalue weighted by Gasteiger charge is 2.12. The lowest BCUT2D eigenvalue weighted by Gasteiger charge is -2.14. The Morgan fingerprint density at radius 2 is 2.21 bits per heavy atom. The van der Waals surface area contributed by atoms with Crippen LogP contribution in [0.15, 0.2) is 30.7 Å². The van der Waals surface area contributed by atoms with Gasteiger partial charge in [0, 0.05) is 12.1 Å². The van der Waals surface area contributed by atoms with E-state index in [0.717, 1.165) is 12.1 Å². The fourth-order valence-corrected chi connectivity index (χ4v) is 1.92. The number of hydrogen-bond acceptors (Lipinski definition) is 3. The molecule has 0 unspecified atom stereocenters. The van der Waals surface area contributed by atoms with Crippen LogP contribution < -0.4 is 10.5 Å². The van der Waals surface area contributed by atoms with Gasteiger partial charge in [0.05, 0.1) is 30.5 Å². The average molecular weight is 263 g/mol. The van der Waals surface area contributed by atoms with Gasteiger partial charge in [0.15, 0.2) is 11.6 Å². The van der Waals surface area contributed by atoms with Crippen molar-refractivity contribution < 1.29 is 9.13 Å². The van der Waals surface area contributed by atoms with E-state index in [9.17, 15) is 4.39 Å². The monoisotopic (exact) mass is 263 g/mol. The molecule has 0 amide bonds. The van der Waals surface area contributed by atoms with E-state index in [4.69, 9.17) is 10.5 Å². The lowest BCUT2D eigenvalue weighted by Crippen LogP contribution is -2.13. The van der Waals surface area contributed by atoms with Gasteiger partial charge in [0.1, 0.15) is 0 Å². The van der Waals surface area contributed by atoms with Gasteiger partial charge in [-0.3, -0.25) is 0 Å². The molecule has 0 aliphatic heterocycles. The largest absolute Gasteiger partial charge is 0.491 e. The number of imidazole rings is 1. The number of halogens is 1. The summed E-state index contributed by atoms with van der Waals surface area (Å²) in [6, 6.07) is 4.73. The fraction of sp³-hybridized carbons (Fsp3) is 0.357. The lowest BCUT2D eigenvalue weighted by atomic mass is 10.2. The zero-order valence-corrected chi connectivity index (χ0v) is 11.1. The van der Waals surface area contributed by atoms with Crippen LogP contribution >= 0.6 is 0 Å². The van der Waals surface area contributed by atoms with Crippen LogP contribution in [0.1, 0.15) is 32.0 Å². The van der Waals surface area contributed by atoms with Gasteiger partial charge >= 0.3 is 0 Å². The second-order valence-electron chi connectivity index (χ2n) is 4.25. The van der Waals surface area contributed by atoms with Crippen molar-refractivity contribution in [1.82, 2.24) is 9.55 Å². The maximum absolute atomic E-state index is 13.9. The summed E-state index contributed by atoms with van der Waals surface area (Å²) in [7, 11) is 0. The number of ether oxygens (including phenoxy) is 1. The highest BCUT2D eigenvalue weighted by Crippen LogP contribution is 2.23. The van der Waals surface area contributed by atoms with Gasteiger partial charge in [-0.05, 0) is 25.5 Å². The van der Waals surface area contributed by atoms with E-state index in [-0.39, 0.29) is 17.6 Å². The Kier molecular flexibility index (Phi) is 4.16. The second kappa shape index (κ2) is 5.84. The number of aromatic nitrogens is 2. The summed E-state index contributed by atoms with van der Waals surface area (Å²) in [4.78, 5) is 4.09. The van der Waals surface area contributed by atoms with Crippen LogP contribution in [-0.4, -0.2) is 16.2 Å². The normalized spacial score (nSPS) is 12.4. The molecule has 102 valence electrons. The van der Waals surface area contributed by atoms with Gasteiger partial charge < -0.3 is 15.0 Å². The van der Waals surface area contributed by atoms with E-state index in [2.05, 4.69) is 4.98 Å². The van der Waals surface area contributed by atoms with Crippen LogP contribution in [0, 0.1) is 5.82 Å². The van der Waals surface area contributed by atoms with Crippen molar-refractivity contribution in [3.8, 4) is 11.4 Å². The number of hydrogen-bond donors (Lipinski definition) is 1. The van der Waals surface area contributed by atoms with E-state index in [0.29, 0.717) is 12.3 Å². The molecule has 1 aromatic carbocycles. The Bertz CT molecular complexity index is 553. The molecule has 2 rings (SSSR count). The van der Waals surface area contributed by atoms with E-state index >= 15 is 0 Å². The van der Waals surface area contributed by atoms with Crippen LogP contribution in [0.25, 0.3) is 5.69 Å². The molecule has 0 spiro atoms. The summed E-state index contributed by atoms with van der Waals surface area (Å²) in [5.41, 5.74) is 7.57. The fourth-order valence-electron chi connectivity index (χ4n) is 1.92. The van der Waals surface area contributed by atoms with Crippen molar-refractivity contribution in [3.05, 3.63) is 42.2 Å². The van der Waals surface area contributed by atoms with Crippen LogP contribution in [0.5, 0.6) is 5.75 Å². The summed E-state index contributed by atoms with van der Waals surface area (Å²) < 4.78 is 20.8. The summed E-state index contributed by atoms with van der Waals surface area (Å²) >= 11 is 0. The first kappa shape index (κ1) is 13.5. The van der Waals surface area contributed by atoms with Gasteiger partial charge in [0.2, 0.25) is 0 Å². The molecule has 1 aromatic heterocycles. The van der Waals surface area contributed by atoms with E-state index in [1.807, 2.05) is 13.8 Å². The first-order valence-electron chi connectivity index (χ1n) is 6.37. The molecule has 0 fully saturated rings. The predicted molar refractivity (Wildman–Crippen MR) is 71.9 cm³/mol. The molecule has 0 aliphatic rings. The molecule has 5 heteroatoms. The quantitative estimate of drug-likeness (QED) is 0.902. The minimum absolute atomic E-state index is 0.114. The standard InChI is InChI=1S/C14H18FN3O/c1-3-12(16)13-8-17-9-18(13)10-5-6-14(19-4-2)11(15)7-10/h5-9,12H,3-4,16H2,1-2H3/t12-/m1/s1. The highest BCUT2D eigenvalue weighted by molar-refractivity contribution is 5.40. The third kappa shape index (κ3) is 2.76. The van der Waals surface area contributed by atoms with E-state index < -0.39 is 0 Å². The van der Waals surface area contributed by atoms with Crippen molar-refractivity contribution >= 4 is 0 Å². The highest BCUT2D eigenvalue weighted by atomic mass is 19.1. The van der Waals surface area contributed by atoms with Gasteiger partial charge in [-0.15, -0.1) is 0 Å². The Balaban J connectivity index is 2.37. The summed E-state index contributed by atoms with van der Waals surface area (Å²) in [5, 5.41) is 0. The minimum atomic E-state index is -0.385. The average Bonchev–Trinajstić information content (AvgIpc) is 2.89. The molecule has 0 aliphatic carbocycles. The summed E-state index contributed by atoms with van der Waals surface area (Å²) in [6.45, 7) is 4.26. The molecular weight excluding hydrogens is 245 g/mol. The Morgan fingerprint density at radius 1 is 1.42 bits per heavy atom. The molecule has 0 bridgehead atoms. The van der Waals surface area contributed by atoms with Crippen molar-refractivity contribution in [2.75, 3.05) is 6.61 Å². The first-order chi connectivity index (χ1) is 9.17. The van der Waals surface area contributed by atoms with Gasteiger partial charge in [0.25, 0.3) is 0 Å². The van der Waals surface area contributed by atoms with E-state index in [1.54, 1.807) is 29.2 Å². The molecular formula is C14H18FN3O. The first-order valence-corrected chi connectivity index (χ1v) is 6.37. The summed E-state index contributed by atoms with van der Waals surface area (Å²) in [6.07, 6.45) is 4.15. The van der Waals surface area contributed by atoms with Gasteiger partial charge in [-0.2, -0.15) is 0 Å². The third-order valence-electron chi connectivity index (χ3n) is 2.98. The van der Waals surface area contributed by atoms with Crippen LogP contribution in [0.3, 0.4) is 0 Å². The number of rotatable bonds is 5. The molecule has 2 aromatic rings. The zero-order valence-electron chi connectivity index (χ0n) is 11.1. The zero-order chi connectivity index (χ0) is 13.8. The second-order valence-corrected chi connectivity index (χ2v) is 4.25. The minimum Gasteiger partial charge on any atom is -0.491 e. The Hall–Kier alpha value is -1.88. The molecule has 1 heterocycles. The molecule has 0 radical (unpaired) electrons. The molecule has 0 saturated heterocycles. The number of benzene rings is 1. The lowest BCUT2D eigenvalue weighted by molar-refractivity contribution is 0.321. The van der Waals surface area contributed by atoms with Crippen molar-refractivity contribution in [2.45, 2.75) is 26.3 Å². The molecule has 19 heavy (non-hydrogen) atoms. The van der Waals surface area contributed by atoms with E-state index in [1.165, 1.54) is 6.07 Å². The molecule has 2 N–H and O–H groups in total. The Labute approximate surface area is 112 Å². The Morgan fingerprint density at radius 3 is 2.84 bits per heavy atom. The predicted octanol–water partition coefficient (Wildman–Crippen LogP) is 2.82. The third-order valence-corrected chi connectivity index (χ3v) is 2.98. The van der Waals surface area contributed by atoms with Crippen molar-refractivity contribution in [3.63, 3.8) is 0 Å². The van der Waals surface area contributed by atoms with Gasteiger partial charge in [-0.1, -0.05) is 6.92 Å². The molecule has 0 saturated carbocycles. The SMILES string of the molecule is CCOc1ccc(-n2cncc2[C@H](N)CC)cc1F. The maximum Gasteiger partial charge on any atom is 0.167 e. The number of nitrogens with zero attached hydrogens (tertiary/aromatic N) is 2. The summed E-state index contributed by atoms with van der Waals surface area (Å²) in [5.74, 6) is -0.128. The van der Waals surface area contributed by atoms with Crippen LogP contribution in [0.4, 0.5) is 4.39 Å². The van der Waals surface area contributed by atoms with Crippen LogP contribution in [-0.2, 0) is 0 Å². The number of nitrogens with two attached hydrogens (primary N) is 1. The van der Waals surface area contributed by atoms with Crippen molar-refractivity contribution in [1.29, 1.82) is 0 Å². The van der Waals surface area contributed by atoms with Crippen molar-refractivity contribution in [2.24, 2.45) is 5.73 Å². The molecule has 4 nitrogen and oxygen atoms in total.